The highest BCUT2D eigenvalue weighted by atomic mass is 32.2. The third-order valence-electron chi connectivity index (χ3n) is 4.94. The van der Waals surface area contributed by atoms with E-state index in [4.69, 9.17) is 0 Å². The smallest absolute Gasteiger partial charge is 0.302 e. The fraction of sp³-hybridized carbons (Fsp3) is 0.444. The Labute approximate surface area is 158 Å². The lowest BCUT2D eigenvalue weighted by Crippen LogP contribution is -2.43. The minimum atomic E-state index is -4.06. The van der Waals surface area contributed by atoms with E-state index >= 15 is 0 Å². The number of aryl methyl sites for hydroxylation is 1. The molecular formula is C18H24N4O4S. The van der Waals surface area contributed by atoms with Crippen molar-refractivity contribution >= 4 is 10.0 Å². The first-order chi connectivity index (χ1) is 12.8. The van der Waals surface area contributed by atoms with Crippen LogP contribution in [-0.2, 0) is 24.1 Å². The molecule has 2 aromatic rings. The highest BCUT2D eigenvalue weighted by Gasteiger charge is 2.27. The summed E-state index contributed by atoms with van der Waals surface area (Å²) < 4.78 is 30.0. The number of nitrogens with zero attached hydrogens (tertiary/aromatic N) is 3. The predicted molar refractivity (Wildman–Crippen MR) is 102 cm³/mol. The zero-order valence-corrected chi connectivity index (χ0v) is 16.3. The quantitative estimate of drug-likeness (QED) is 0.758. The molecule has 3 rings (SSSR count). The molecule has 1 unspecified atom stereocenters. The Bertz CT molecular complexity index is 1020. The minimum Gasteiger partial charge on any atom is -0.302 e. The van der Waals surface area contributed by atoms with Crippen LogP contribution < -0.4 is 16.0 Å². The van der Waals surface area contributed by atoms with E-state index in [0.717, 1.165) is 46.8 Å². The maximum absolute atomic E-state index is 12.8. The van der Waals surface area contributed by atoms with Gasteiger partial charge in [0.15, 0.2) is 4.90 Å². The van der Waals surface area contributed by atoms with E-state index in [0.29, 0.717) is 0 Å². The normalized spacial score (nSPS) is 16.5. The Morgan fingerprint density at radius 1 is 1.07 bits per heavy atom. The minimum absolute atomic E-state index is 0.111. The van der Waals surface area contributed by atoms with Crippen LogP contribution in [0.5, 0.6) is 0 Å². The van der Waals surface area contributed by atoms with Crippen LogP contribution in [0.3, 0.4) is 0 Å². The van der Waals surface area contributed by atoms with E-state index in [2.05, 4.69) is 9.62 Å². The summed E-state index contributed by atoms with van der Waals surface area (Å²) in [6.07, 6.45) is 3.23. The van der Waals surface area contributed by atoms with Gasteiger partial charge >= 0.3 is 5.69 Å². The number of hydrogen-bond acceptors (Lipinski definition) is 5. The van der Waals surface area contributed by atoms with Gasteiger partial charge < -0.3 is 4.57 Å². The Balaban J connectivity index is 1.89. The third kappa shape index (κ3) is 4.05. The van der Waals surface area contributed by atoms with Crippen molar-refractivity contribution in [2.75, 3.05) is 19.6 Å². The number of sulfonamides is 1. The molecular weight excluding hydrogens is 368 g/mol. The molecule has 27 heavy (non-hydrogen) atoms. The highest BCUT2D eigenvalue weighted by Crippen LogP contribution is 2.24. The molecule has 0 radical (unpaired) electrons. The first-order valence-corrected chi connectivity index (χ1v) is 10.3. The molecule has 1 N–H and O–H groups in total. The van der Waals surface area contributed by atoms with Crippen molar-refractivity contribution < 1.29 is 8.42 Å². The molecule has 0 spiro atoms. The van der Waals surface area contributed by atoms with E-state index in [1.165, 1.54) is 14.1 Å². The molecule has 1 aliphatic rings. The molecule has 2 heterocycles. The van der Waals surface area contributed by atoms with Crippen molar-refractivity contribution in [1.29, 1.82) is 0 Å². The van der Waals surface area contributed by atoms with Gasteiger partial charge in [-0.3, -0.25) is 14.3 Å². The zero-order chi connectivity index (χ0) is 19.6. The van der Waals surface area contributed by atoms with Crippen LogP contribution in [0, 0.1) is 0 Å². The van der Waals surface area contributed by atoms with Gasteiger partial charge in [0.2, 0.25) is 10.0 Å². The number of benzene rings is 1. The van der Waals surface area contributed by atoms with Crippen molar-refractivity contribution in [2.24, 2.45) is 14.1 Å². The summed E-state index contributed by atoms with van der Waals surface area (Å²) in [4.78, 5) is 25.9. The summed E-state index contributed by atoms with van der Waals surface area (Å²) in [5, 5.41) is 0. The Morgan fingerprint density at radius 3 is 2.33 bits per heavy atom. The van der Waals surface area contributed by atoms with Crippen LogP contribution in [0.2, 0.25) is 0 Å². The van der Waals surface area contributed by atoms with E-state index in [1.807, 2.05) is 30.3 Å². The van der Waals surface area contributed by atoms with E-state index in [9.17, 15) is 18.0 Å². The van der Waals surface area contributed by atoms with Crippen molar-refractivity contribution in [2.45, 2.75) is 23.8 Å². The summed E-state index contributed by atoms with van der Waals surface area (Å²) in [7, 11) is -1.38. The molecule has 8 nitrogen and oxygen atoms in total. The number of likely N-dealkylation sites (tertiary alicyclic amines) is 1. The Kier molecular flexibility index (Phi) is 5.64. The van der Waals surface area contributed by atoms with Crippen LogP contribution in [0.15, 0.2) is 51.0 Å². The third-order valence-corrected chi connectivity index (χ3v) is 6.34. The molecule has 1 atom stereocenters. The second-order valence-electron chi connectivity index (χ2n) is 6.77. The largest absolute Gasteiger partial charge is 0.330 e. The summed E-state index contributed by atoms with van der Waals surface area (Å²) in [5.41, 5.74) is -0.378. The average molecular weight is 392 g/mol. The topological polar surface area (TPSA) is 93.4 Å². The number of rotatable bonds is 6. The fourth-order valence-electron chi connectivity index (χ4n) is 3.41. The number of aromatic nitrogens is 2. The van der Waals surface area contributed by atoms with Gasteiger partial charge in [0.05, 0.1) is 0 Å². The monoisotopic (exact) mass is 392 g/mol. The second kappa shape index (κ2) is 7.79. The highest BCUT2D eigenvalue weighted by molar-refractivity contribution is 7.89. The van der Waals surface area contributed by atoms with Gasteiger partial charge in [-0.25, -0.2) is 17.9 Å². The maximum atomic E-state index is 12.8. The first kappa shape index (κ1) is 19.5. The van der Waals surface area contributed by atoms with E-state index in [1.54, 1.807) is 0 Å². The molecule has 146 valence electrons. The van der Waals surface area contributed by atoms with Crippen molar-refractivity contribution in [1.82, 2.24) is 18.8 Å². The molecule has 9 heteroatoms. The maximum Gasteiger partial charge on any atom is 0.330 e. The lowest BCUT2D eigenvalue weighted by Gasteiger charge is -2.28. The first-order valence-electron chi connectivity index (χ1n) is 8.86. The van der Waals surface area contributed by atoms with Gasteiger partial charge in [-0.15, -0.1) is 0 Å². The Morgan fingerprint density at radius 2 is 1.70 bits per heavy atom. The van der Waals surface area contributed by atoms with Crippen molar-refractivity contribution in [3.05, 3.63) is 62.9 Å². The molecule has 1 aliphatic heterocycles. The van der Waals surface area contributed by atoms with Gasteiger partial charge in [-0.1, -0.05) is 30.3 Å². The summed E-state index contributed by atoms with van der Waals surface area (Å²) in [5.74, 6) is 0. The molecule has 0 saturated carbocycles. The molecule has 1 aromatic heterocycles. The van der Waals surface area contributed by atoms with Crippen LogP contribution >= 0.6 is 0 Å². The fourth-order valence-corrected chi connectivity index (χ4v) is 4.61. The summed E-state index contributed by atoms with van der Waals surface area (Å²) >= 11 is 0. The van der Waals surface area contributed by atoms with Gasteiger partial charge in [0.25, 0.3) is 5.56 Å². The second-order valence-corrected chi connectivity index (χ2v) is 8.51. The van der Waals surface area contributed by atoms with Crippen LogP contribution in [0.1, 0.15) is 24.4 Å². The lowest BCUT2D eigenvalue weighted by molar-refractivity contribution is 0.246. The molecule has 0 bridgehead atoms. The SMILES string of the molecule is Cn1cc(S(=O)(=O)NCC(c2ccccc2)N2CCCC2)c(=O)n(C)c1=O. The zero-order valence-electron chi connectivity index (χ0n) is 15.5. The van der Waals surface area contributed by atoms with Crippen molar-refractivity contribution in [3.63, 3.8) is 0 Å². The molecule has 0 amide bonds. The number of nitrogens with one attached hydrogen (secondary N) is 1. The molecule has 1 saturated heterocycles. The molecule has 1 fully saturated rings. The van der Waals surface area contributed by atoms with Gasteiger partial charge in [0.1, 0.15) is 0 Å². The predicted octanol–water partition coefficient (Wildman–Crippen LogP) is 0.199. The van der Waals surface area contributed by atoms with Crippen LogP contribution in [0.4, 0.5) is 0 Å². The van der Waals surface area contributed by atoms with Gasteiger partial charge in [-0.05, 0) is 31.5 Å². The molecule has 1 aromatic carbocycles. The van der Waals surface area contributed by atoms with E-state index in [-0.39, 0.29) is 12.6 Å². The summed E-state index contributed by atoms with van der Waals surface area (Å²) in [6.45, 7) is 1.96. The number of hydrogen-bond donors (Lipinski definition) is 1. The van der Waals surface area contributed by atoms with E-state index < -0.39 is 26.2 Å². The summed E-state index contributed by atoms with van der Waals surface area (Å²) in [6, 6.07) is 9.61. The molecule has 0 aliphatic carbocycles. The standard InChI is InChI=1S/C18H24N4O4S/c1-20-13-16(17(23)21(2)18(20)24)27(25,26)19-12-15(22-10-6-7-11-22)14-8-4-3-5-9-14/h3-5,8-9,13,15,19H,6-7,10-12H2,1-2H3. The average Bonchev–Trinajstić information content (AvgIpc) is 3.18. The van der Waals surface area contributed by atoms with Crippen LogP contribution in [-0.4, -0.2) is 42.1 Å². The van der Waals surface area contributed by atoms with Gasteiger partial charge in [-0.2, -0.15) is 0 Å². The van der Waals surface area contributed by atoms with Crippen LogP contribution in [0.25, 0.3) is 0 Å². The van der Waals surface area contributed by atoms with Gasteiger partial charge in [0, 0.05) is 32.9 Å². The lowest BCUT2D eigenvalue weighted by atomic mass is 10.1. The van der Waals surface area contributed by atoms with Crippen molar-refractivity contribution in [3.8, 4) is 0 Å². The Hall–Kier alpha value is -2.23.